The highest BCUT2D eigenvalue weighted by Crippen LogP contribution is 2.55. The van der Waals surface area contributed by atoms with Crippen molar-refractivity contribution in [3.63, 3.8) is 0 Å². The van der Waals surface area contributed by atoms with E-state index in [1.54, 1.807) is 21.6 Å². The first-order valence-corrected chi connectivity index (χ1v) is 11.7. The van der Waals surface area contributed by atoms with E-state index in [9.17, 15) is 13.2 Å². The van der Waals surface area contributed by atoms with Crippen molar-refractivity contribution in [2.45, 2.75) is 50.4 Å². The largest absolute Gasteiger partial charge is 0.401 e. The summed E-state index contributed by atoms with van der Waals surface area (Å²) in [6.07, 6.45) is 1.47. The molecule has 0 unspecified atom stereocenters. The molecule has 6 rings (SSSR count). The quantitative estimate of drug-likeness (QED) is 0.399. The van der Waals surface area contributed by atoms with Crippen LogP contribution in [0.2, 0.25) is 5.02 Å². The molecule has 0 spiro atoms. The zero-order valence-corrected chi connectivity index (χ0v) is 19.8. The van der Waals surface area contributed by atoms with Crippen molar-refractivity contribution in [3.05, 3.63) is 47.6 Å². The summed E-state index contributed by atoms with van der Waals surface area (Å²) in [5.41, 5.74) is 0.366. The predicted molar refractivity (Wildman–Crippen MR) is 124 cm³/mol. The van der Waals surface area contributed by atoms with Crippen molar-refractivity contribution in [3.8, 4) is 22.6 Å². The summed E-state index contributed by atoms with van der Waals surface area (Å²) in [5, 5.41) is 16.2. The van der Waals surface area contributed by atoms with Crippen molar-refractivity contribution in [1.82, 2.24) is 34.1 Å². The minimum absolute atomic E-state index is 0.0253. The van der Waals surface area contributed by atoms with E-state index in [4.69, 9.17) is 11.6 Å². The molecular weight excluding hydrogens is 481 g/mol. The summed E-state index contributed by atoms with van der Waals surface area (Å²) in [6, 6.07) is 5.34. The molecule has 8 nitrogen and oxygen atoms in total. The third-order valence-electron chi connectivity index (χ3n) is 7.14. The average molecular weight is 503 g/mol. The monoisotopic (exact) mass is 502 g/mol. The van der Waals surface area contributed by atoms with Crippen LogP contribution in [-0.2, 0) is 19.0 Å². The lowest BCUT2D eigenvalue weighted by Crippen LogP contribution is -2.50. The number of pyridine rings is 1. The number of anilines is 2. The lowest BCUT2D eigenvalue weighted by atomic mass is 9.67. The Morgan fingerprint density at radius 2 is 2.00 bits per heavy atom. The molecule has 0 saturated heterocycles. The standard InChI is InChI=1S/C23H22ClF3N8/c1-13-11-34-12-14(15-9-18(28-10-16(15)24)30-19-4-7-29-33(19)2)8-17(34)20-31-32-21(35(13)20)22(5-3-6-22)23(25,26)27/h4,7-10,12-13H,3,5-6,11H2,1-2H3,(H,28,30)/t13-/m0/s1. The van der Waals surface area contributed by atoms with Gasteiger partial charge in [0.2, 0.25) is 0 Å². The van der Waals surface area contributed by atoms with E-state index in [0.29, 0.717) is 35.3 Å². The number of halogens is 4. The van der Waals surface area contributed by atoms with E-state index < -0.39 is 11.6 Å². The number of fused-ring (bicyclic) bond motifs is 3. The van der Waals surface area contributed by atoms with Gasteiger partial charge in [-0.3, -0.25) is 4.68 Å². The van der Waals surface area contributed by atoms with Crippen molar-refractivity contribution in [2.75, 3.05) is 5.32 Å². The number of hydrogen-bond acceptors (Lipinski definition) is 5. The van der Waals surface area contributed by atoms with E-state index in [-0.39, 0.29) is 24.7 Å². The molecule has 1 saturated carbocycles. The summed E-state index contributed by atoms with van der Waals surface area (Å²) in [6.45, 7) is 2.40. The first kappa shape index (κ1) is 22.1. The van der Waals surface area contributed by atoms with Crippen LogP contribution in [0.1, 0.15) is 38.1 Å². The Morgan fingerprint density at radius 1 is 1.20 bits per heavy atom. The Morgan fingerprint density at radius 3 is 2.66 bits per heavy atom. The topological polar surface area (TPSA) is 78.4 Å². The van der Waals surface area contributed by atoms with Crippen molar-refractivity contribution >= 4 is 23.2 Å². The van der Waals surface area contributed by atoms with Crippen molar-refractivity contribution in [2.24, 2.45) is 7.05 Å². The highest BCUT2D eigenvalue weighted by molar-refractivity contribution is 6.33. The summed E-state index contributed by atoms with van der Waals surface area (Å²) in [7, 11) is 1.82. The number of aromatic nitrogens is 7. The minimum atomic E-state index is -4.36. The molecule has 0 bridgehead atoms. The Hall–Kier alpha value is -3.34. The average Bonchev–Trinajstić information content (AvgIpc) is 3.47. The van der Waals surface area contributed by atoms with Gasteiger partial charge in [0.25, 0.3) is 0 Å². The highest BCUT2D eigenvalue weighted by Gasteiger charge is 2.62. The number of nitrogens with zero attached hydrogens (tertiary/aromatic N) is 7. The molecule has 1 fully saturated rings. The van der Waals surface area contributed by atoms with Crippen LogP contribution in [0.4, 0.5) is 24.8 Å². The fourth-order valence-corrected chi connectivity index (χ4v) is 5.31. The van der Waals surface area contributed by atoms with Gasteiger partial charge in [-0.2, -0.15) is 18.3 Å². The van der Waals surface area contributed by atoms with Crippen LogP contribution < -0.4 is 5.32 Å². The van der Waals surface area contributed by atoms with Crippen LogP contribution in [0.15, 0.2) is 36.8 Å². The van der Waals surface area contributed by atoms with Gasteiger partial charge in [-0.25, -0.2) is 4.98 Å². The Labute approximate surface area is 203 Å². The maximum absolute atomic E-state index is 14.1. The SMILES string of the molecule is C[C@H]1Cn2cc(-c3cc(Nc4ccnn4C)ncc3Cl)cc2-c2nnc(C3(C(F)(F)F)CCC3)n21. The third kappa shape index (κ3) is 3.28. The normalized spacial score (nSPS) is 18.6. The molecule has 12 heteroatoms. The van der Waals surface area contributed by atoms with Gasteiger partial charge in [-0.1, -0.05) is 18.0 Å². The third-order valence-corrected chi connectivity index (χ3v) is 7.45. The molecule has 4 aromatic rings. The smallest absolute Gasteiger partial charge is 0.342 e. The second-order valence-electron chi connectivity index (χ2n) is 9.28. The van der Waals surface area contributed by atoms with E-state index in [0.717, 1.165) is 16.9 Å². The van der Waals surface area contributed by atoms with Crippen LogP contribution in [0.3, 0.4) is 0 Å². The first-order valence-electron chi connectivity index (χ1n) is 11.3. The molecule has 2 aliphatic rings. The maximum atomic E-state index is 14.1. The predicted octanol–water partition coefficient (Wildman–Crippen LogP) is 5.50. The van der Waals surface area contributed by atoms with E-state index in [1.807, 2.05) is 42.9 Å². The second kappa shape index (κ2) is 7.58. The van der Waals surface area contributed by atoms with E-state index in [1.165, 1.54) is 0 Å². The number of hydrogen-bond donors (Lipinski definition) is 1. The number of aryl methyl sites for hydroxylation is 1. The lowest BCUT2D eigenvalue weighted by Gasteiger charge is -2.43. The van der Waals surface area contributed by atoms with Crippen LogP contribution in [-0.4, -0.2) is 40.3 Å². The number of alkyl halides is 3. The molecule has 0 radical (unpaired) electrons. The summed E-state index contributed by atoms with van der Waals surface area (Å²) >= 11 is 6.50. The highest BCUT2D eigenvalue weighted by atomic mass is 35.5. The molecule has 1 N–H and O–H groups in total. The van der Waals surface area contributed by atoms with Gasteiger partial charge in [-0.05, 0) is 31.9 Å². The molecule has 5 heterocycles. The Balaban J connectivity index is 1.40. The Kier molecular flexibility index (Phi) is 4.79. The summed E-state index contributed by atoms with van der Waals surface area (Å²) in [4.78, 5) is 4.36. The summed E-state index contributed by atoms with van der Waals surface area (Å²) in [5.74, 6) is 1.83. The second-order valence-corrected chi connectivity index (χ2v) is 9.69. The van der Waals surface area contributed by atoms with Crippen molar-refractivity contribution < 1.29 is 13.2 Å². The van der Waals surface area contributed by atoms with Crippen LogP contribution >= 0.6 is 11.6 Å². The van der Waals surface area contributed by atoms with Crippen LogP contribution in [0, 0.1) is 0 Å². The molecule has 1 atom stereocenters. The van der Waals surface area contributed by atoms with Gasteiger partial charge in [0, 0.05) is 43.2 Å². The lowest BCUT2D eigenvalue weighted by molar-refractivity contribution is -0.216. The van der Waals surface area contributed by atoms with Gasteiger partial charge in [0.05, 0.1) is 23.0 Å². The van der Waals surface area contributed by atoms with Crippen LogP contribution in [0.25, 0.3) is 22.6 Å². The van der Waals surface area contributed by atoms with E-state index >= 15 is 0 Å². The van der Waals surface area contributed by atoms with Gasteiger partial charge in [0.1, 0.15) is 22.9 Å². The van der Waals surface area contributed by atoms with Gasteiger partial charge < -0.3 is 14.5 Å². The molecule has 0 amide bonds. The molecular formula is C23H22ClF3N8. The van der Waals surface area contributed by atoms with Gasteiger partial charge >= 0.3 is 6.18 Å². The molecule has 0 aromatic carbocycles. The molecule has 1 aliphatic carbocycles. The molecule has 4 aromatic heterocycles. The summed E-state index contributed by atoms with van der Waals surface area (Å²) < 4.78 is 47.6. The zero-order valence-electron chi connectivity index (χ0n) is 19.0. The van der Waals surface area contributed by atoms with Gasteiger partial charge in [0.15, 0.2) is 5.82 Å². The van der Waals surface area contributed by atoms with Gasteiger partial charge in [-0.15, -0.1) is 10.2 Å². The molecule has 1 aliphatic heterocycles. The Bertz CT molecular complexity index is 1430. The fraction of sp³-hybridized carbons (Fsp3) is 0.391. The minimum Gasteiger partial charge on any atom is -0.342 e. The first-order chi connectivity index (χ1) is 16.7. The number of nitrogens with one attached hydrogen (secondary N) is 1. The fourth-order valence-electron chi connectivity index (χ4n) is 5.09. The van der Waals surface area contributed by atoms with Crippen LogP contribution in [0.5, 0.6) is 0 Å². The van der Waals surface area contributed by atoms with E-state index in [2.05, 4.69) is 25.6 Å². The maximum Gasteiger partial charge on any atom is 0.401 e. The molecule has 35 heavy (non-hydrogen) atoms. The molecule has 182 valence electrons. The van der Waals surface area contributed by atoms with Crippen molar-refractivity contribution in [1.29, 1.82) is 0 Å². The number of rotatable bonds is 4. The zero-order chi connectivity index (χ0) is 24.5.